The van der Waals surface area contributed by atoms with Crippen LogP contribution in [0.1, 0.15) is 12.5 Å². The molecule has 4 heteroatoms. The lowest BCUT2D eigenvalue weighted by molar-refractivity contribution is 0.483. The normalized spacial score (nSPS) is 12.2. The zero-order chi connectivity index (χ0) is 9.90. The molecule has 0 amide bonds. The summed E-state index contributed by atoms with van der Waals surface area (Å²) in [5.74, 6) is 0. The minimum atomic E-state index is -4.11. The van der Waals surface area contributed by atoms with Crippen LogP contribution in [0.25, 0.3) is 6.08 Å². The number of allylic oxidation sites excluding steroid dienone is 1. The maximum atomic E-state index is 10.9. The molecule has 0 fully saturated rings. The monoisotopic (exact) mass is 198 g/mol. The summed E-state index contributed by atoms with van der Waals surface area (Å²) in [4.78, 5) is -0.0619. The van der Waals surface area contributed by atoms with E-state index in [0.29, 0.717) is 5.56 Å². The smallest absolute Gasteiger partial charge is 0.282 e. The molecular weight excluding hydrogens is 188 g/mol. The highest BCUT2D eigenvalue weighted by Gasteiger charge is 2.11. The van der Waals surface area contributed by atoms with Gasteiger partial charge in [-0.1, -0.05) is 30.4 Å². The quantitative estimate of drug-likeness (QED) is 0.739. The molecule has 0 saturated carbocycles. The molecule has 1 rings (SSSR count). The standard InChI is InChI=1S/C9H10O3S/c1-2-5-8-6-3-4-7-9(8)13(10,11)12/h2-7H,1H3,(H,10,11,12). The first-order chi connectivity index (χ1) is 6.05. The largest absolute Gasteiger partial charge is 0.295 e. The molecule has 0 atom stereocenters. The van der Waals surface area contributed by atoms with Crippen LogP contribution < -0.4 is 0 Å². The molecule has 0 radical (unpaired) electrons. The molecule has 0 aromatic heterocycles. The van der Waals surface area contributed by atoms with Crippen molar-refractivity contribution < 1.29 is 13.0 Å². The summed E-state index contributed by atoms with van der Waals surface area (Å²) >= 11 is 0. The van der Waals surface area contributed by atoms with Crippen molar-refractivity contribution in [2.45, 2.75) is 11.8 Å². The molecule has 0 aliphatic rings. The molecule has 0 unspecified atom stereocenters. The Balaban J connectivity index is 3.37. The van der Waals surface area contributed by atoms with Crippen LogP contribution in [0, 0.1) is 0 Å². The summed E-state index contributed by atoms with van der Waals surface area (Å²) in [7, 11) is -4.11. The van der Waals surface area contributed by atoms with Crippen molar-refractivity contribution >= 4 is 16.2 Å². The molecule has 1 aromatic carbocycles. The van der Waals surface area contributed by atoms with E-state index in [1.54, 1.807) is 37.3 Å². The van der Waals surface area contributed by atoms with Gasteiger partial charge in [-0.25, -0.2) is 0 Å². The van der Waals surface area contributed by atoms with Crippen molar-refractivity contribution in [1.29, 1.82) is 0 Å². The van der Waals surface area contributed by atoms with E-state index in [-0.39, 0.29) is 4.90 Å². The number of benzene rings is 1. The maximum Gasteiger partial charge on any atom is 0.295 e. The van der Waals surface area contributed by atoms with Gasteiger partial charge in [0.1, 0.15) is 4.90 Å². The molecule has 0 aliphatic heterocycles. The van der Waals surface area contributed by atoms with Gasteiger partial charge in [0.15, 0.2) is 0 Å². The third-order valence-corrected chi connectivity index (χ3v) is 2.47. The molecule has 0 heterocycles. The summed E-state index contributed by atoms with van der Waals surface area (Å²) in [5, 5.41) is 0. The predicted octanol–water partition coefficient (Wildman–Crippen LogP) is 1.97. The van der Waals surface area contributed by atoms with Crippen LogP contribution >= 0.6 is 0 Å². The van der Waals surface area contributed by atoms with E-state index in [1.165, 1.54) is 6.07 Å². The lowest BCUT2D eigenvalue weighted by Crippen LogP contribution is -1.99. The lowest BCUT2D eigenvalue weighted by atomic mass is 10.2. The Labute approximate surface area is 77.5 Å². The van der Waals surface area contributed by atoms with Gasteiger partial charge in [-0.05, 0) is 18.6 Å². The van der Waals surface area contributed by atoms with Crippen LogP contribution in [0.15, 0.2) is 35.2 Å². The van der Waals surface area contributed by atoms with E-state index in [9.17, 15) is 8.42 Å². The van der Waals surface area contributed by atoms with E-state index in [0.717, 1.165) is 0 Å². The summed E-state index contributed by atoms with van der Waals surface area (Å²) in [6, 6.07) is 6.27. The predicted molar refractivity (Wildman–Crippen MR) is 51.0 cm³/mol. The molecule has 0 spiro atoms. The third-order valence-electron chi connectivity index (χ3n) is 1.54. The molecule has 70 valence electrons. The number of hydrogen-bond acceptors (Lipinski definition) is 2. The SMILES string of the molecule is CC=Cc1ccccc1S(=O)(=O)O. The Morgan fingerprint density at radius 3 is 2.46 bits per heavy atom. The Morgan fingerprint density at radius 1 is 1.31 bits per heavy atom. The van der Waals surface area contributed by atoms with E-state index in [1.807, 2.05) is 0 Å². The minimum absolute atomic E-state index is 0.0619. The summed E-state index contributed by atoms with van der Waals surface area (Å²) < 4.78 is 30.5. The molecule has 3 nitrogen and oxygen atoms in total. The van der Waals surface area contributed by atoms with Crippen LogP contribution in [0.2, 0.25) is 0 Å². The first-order valence-electron chi connectivity index (χ1n) is 3.75. The van der Waals surface area contributed by atoms with Gasteiger partial charge in [0, 0.05) is 0 Å². The van der Waals surface area contributed by atoms with Crippen LogP contribution in [-0.2, 0) is 10.1 Å². The lowest BCUT2D eigenvalue weighted by Gasteiger charge is -2.00. The molecule has 0 saturated heterocycles. The maximum absolute atomic E-state index is 10.9. The van der Waals surface area contributed by atoms with Gasteiger partial charge in [-0.15, -0.1) is 0 Å². The van der Waals surface area contributed by atoms with E-state index >= 15 is 0 Å². The average molecular weight is 198 g/mol. The molecule has 1 N–H and O–H groups in total. The highest BCUT2D eigenvalue weighted by molar-refractivity contribution is 7.85. The Bertz CT molecular complexity index is 418. The summed E-state index contributed by atoms with van der Waals surface area (Å²) in [6.07, 6.45) is 3.34. The fourth-order valence-electron chi connectivity index (χ4n) is 1.03. The third kappa shape index (κ3) is 2.40. The first-order valence-corrected chi connectivity index (χ1v) is 5.19. The van der Waals surface area contributed by atoms with Gasteiger partial charge in [0.05, 0.1) is 0 Å². The highest BCUT2D eigenvalue weighted by atomic mass is 32.2. The van der Waals surface area contributed by atoms with Gasteiger partial charge in [0.2, 0.25) is 0 Å². The van der Waals surface area contributed by atoms with Crippen molar-refractivity contribution in [3.63, 3.8) is 0 Å². The van der Waals surface area contributed by atoms with Gasteiger partial charge in [-0.3, -0.25) is 4.55 Å². The van der Waals surface area contributed by atoms with Crippen molar-refractivity contribution in [2.24, 2.45) is 0 Å². The molecule has 1 aromatic rings. The second kappa shape index (κ2) is 3.72. The zero-order valence-electron chi connectivity index (χ0n) is 7.14. The van der Waals surface area contributed by atoms with E-state index in [4.69, 9.17) is 4.55 Å². The van der Waals surface area contributed by atoms with Gasteiger partial charge in [0.25, 0.3) is 10.1 Å². The van der Waals surface area contributed by atoms with Gasteiger partial charge < -0.3 is 0 Å². The average Bonchev–Trinajstić information content (AvgIpc) is 2.04. The fourth-order valence-corrected chi connectivity index (χ4v) is 1.72. The van der Waals surface area contributed by atoms with Crippen LogP contribution in [-0.4, -0.2) is 13.0 Å². The van der Waals surface area contributed by atoms with Gasteiger partial charge >= 0.3 is 0 Å². The van der Waals surface area contributed by atoms with E-state index < -0.39 is 10.1 Å². The van der Waals surface area contributed by atoms with Crippen molar-refractivity contribution in [2.75, 3.05) is 0 Å². The van der Waals surface area contributed by atoms with Crippen molar-refractivity contribution in [3.8, 4) is 0 Å². The zero-order valence-corrected chi connectivity index (χ0v) is 7.95. The first kappa shape index (κ1) is 9.95. The Kier molecular flexibility index (Phi) is 2.85. The Hall–Kier alpha value is -1.13. The Morgan fingerprint density at radius 2 is 1.92 bits per heavy atom. The van der Waals surface area contributed by atoms with Crippen LogP contribution in [0.4, 0.5) is 0 Å². The summed E-state index contributed by atoms with van der Waals surface area (Å²) in [6.45, 7) is 1.78. The van der Waals surface area contributed by atoms with E-state index in [2.05, 4.69) is 0 Å². The van der Waals surface area contributed by atoms with Crippen LogP contribution in [0.3, 0.4) is 0 Å². The van der Waals surface area contributed by atoms with Crippen LogP contribution in [0.5, 0.6) is 0 Å². The second-order valence-corrected chi connectivity index (χ2v) is 3.90. The number of rotatable bonds is 2. The molecule has 0 aliphatic carbocycles. The molecule has 13 heavy (non-hydrogen) atoms. The van der Waals surface area contributed by atoms with Crippen molar-refractivity contribution in [1.82, 2.24) is 0 Å². The number of hydrogen-bond donors (Lipinski definition) is 1. The molecular formula is C9H10O3S. The topological polar surface area (TPSA) is 54.4 Å². The fraction of sp³-hybridized carbons (Fsp3) is 0.111. The highest BCUT2D eigenvalue weighted by Crippen LogP contribution is 2.15. The van der Waals surface area contributed by atoms with Gasteiger partial charge in [-0.2, -0.15) is 8.42 Å². The second-order valence-electron chi connectivity index (χ2n) is 2.51. The minimum Gasteiger partial charge on any atom is -0.282 e. The molecule has 0 bridgehead atoms. The van der Waals surface area contributed by atoms with Crippen molar-refractivity contribution in [3.05, 3.63) is 35.9 Å². The summed E-state index contributed by atoms with van der Waals surface area (Å²) in [5.41, 5.74) is 0.493.